The molecule has 0 bridgehead atoms. The van der Waals surface area contributed by atoms with Crippen LogP contribution in [0.25, 0.3) is 0 Å². The van der Waals surface area contributed by atoms with Crippen LogP contribution in [-0.2, 0) is 11.2 Å². The molecule has 1 heterocycles. The molecule has 0 spiro atoms. The number of carbonyl (C=O) groups is 1. The lowest BCUT2D eigenvalue weighted by molar-refractivity contribution is -0.133. The lowest BCUT2D eigenvalue weighted by Gasteiger charge is -2.19. The zero-order valence-electron chi connectivity index (χ0n) is 11.8. The van der Waals surface area contributed by atoms with Gasteiger partial charge in [-0.1, -0.05) is 20.8 Å². The highest BCUT2D eigenvalue weighted by Crippen LogP contribution is 2.31. The summed E-state index contributed by atoms with van der Waals surface area (Å²) in [5, 5.41) is 15.5. The third-order valence-corrected chi connectivity index (χ3v) is 4.14. The second kappa shape index (κ2) is 5.21. The van der Waals surface area contributed by atoms with Crippen LogP contribution in [0.5, 0.6) is 0 Å². The number of carbonyl (C=O) groups excluding carboxylic acids is 1. The maximum absolute atomic E-state index is 12.0. The molecule has 1 saturated carbocycles. The maximum Gasteiger partial charge on any atom is 0.258 e. The quantitative estimate of drug-likeness (QED) is 0.896. The molecule has 0 atom stereocenters. The van der Waals surface area contributed by atoms with Crippen molar-refractivity contribution in [1.29, 1.82) is 0 Å². The van der Waals surface area contributed by atoms with Crippen molar-refractivity contribution < 1.29 is 9.90 Å². The van der Waals surface area contributed by atoms with Gasteiger partial charge >= 0.3 is 0 Å². The highest BCUT2D eigenvalue weighted by Gasteiger charge is 2.39. The third-order valence-electron chi connectivity index (χ3n) is 3.34. The first kappa shape index (κ1) is 14.5. The summed E-state index contributed by atoms with van der Waals surface area (Å²) in [5.74, 6) is -0.304. The first-order valence-corrected chi connectivity index (χ1v) is 7.65. The van der Waals surface area contributed by atoms with Crippen LogP contribution < -0.4 is 5.32 Å². The van der Waals surface area contributed by atoms with E-state index >= 15 is 0 Å². The maximum atomic E-state index is 12.0. The van der Waals surface area contributed by atoms with E-state index in [1.807, 2.05) is 5.38 Å². The minimum atomic E-state index is -1.18. The van der Waals surface area contributed by atoms with Gasteiger partial charge in [0.05, 0.1) is 5.69 Å². The molecular weight excluding hydrogens is 260 g/mol. The standard InChI is InChI=1S/C14H22N2O2S/c1-13(2,3)8-10-9-19-12(15-10)16-11(17)14(18)6-4-5-7-14/h9,18H,4-8H2,1-3H3,(H,15,16,17). The van der Waals surface area contributed by atoms with Crippen molar-refractivity contribution in [2.75, 3.05) is 5.32 Å². The Morgan fingerprint density at radius 1 is 1.47 bits per heavy atom. The van der Waals surface area contributed by atoms with Crippen LogP contribution in [0.1, 0.15) is 52.1 Å². The Morgan fingerprint density at radius 2 is 2.11 bits per heavy atom. The topological polar surface area (TPSA) is 62.2 Å². The molecule has 0 aromatic carbocycles. The summed E-state index contributed by atoms with van der Waals surface area (Å²) >= 11 is 1.42. The van der Waals surface area contributed by atoms with Crippen molar-refractivity contribution in [2.45, 2.75) is 58.5 Å². The summed E-state index contributed by atoms with van der Waals surface area (Å²) < 4.78 is 0. The summed E-state index contributed by atoms with van der Waals surface area (Å²) in [7, 11) is 0. The van der Waals surface area contributed by atoms with Crippen LogP contribution >= 0.6 is 11.3 Å². The number of hydrogen-bond acceptors (Lipinski definition) is 4. The fraction of sp³-hybridized carbons (Fsp3) is 0.714. The van der Waals surface area contributed by atoms with E-state index in [0.717, 1.165) is 25.0 Å². The minimum Gasteiger partial charge on any atom is -0.380 e. The van der Waals surface area contributed by atoms with Crippen molar-refractivity contribution in [3.8, 4) is 0 Å². The van der Waals surface area contributed by atoms with Gasteiger partial charge in [-0.2, -0.15) is 0 Å². The molecule has 2 rings (SSSR count). The number of aliphatic hydroxyl groups is 1. The molecule has 1 fully saturated rings. The van der Waals surface area contributed by atoms with Crippen molar-refractivity contribution in [2.24, 2.45) is 5.41 Å². The summed E-state index contributed by atoms with van der Waals surface area (Å²) in [4.78, 5) is 16.5. The molecule has 1 amide bonds. The lowest BCUT2D eigenvalue weighted by Crippen LogP contribution is -2.40. The molecule has 19 heavy (non-hydrogen) atoms. The van der Waals surface area contributed by atoms with Gasteiger partial charge in [-0.3, -0.25) is 10.1 Å². The van der Waals surface area contributed by atoms with Crippen LogP contribution in [0.3, 0.4) is 0 Å². The number of nitrogens with one attached hydrogen (secondary N) is 1. The zero-order valence-corrected chi connectivity index (χ0v) is 12.6. The molecule has 106 valence electrons. The Kier molecular flexibility index (Phi) is 3.97. The molecule has 0 saturated heterocycles. The second-order valence-electron chi connectivity index (χ2n) is 6.57. The average molecular weight is 282 g/mol. The van der Waals surface area contributed by atoms with Gasteiger partial charge in [0, 0.05) is 5.38 Å². The molecule has 1 aromatic rings. The van der Waals surface area contributed by atoms with Gasteiger partial charge in [0.15, 0.2) is 5.13 Å². The summed E-state index contributed by atoms with van der Waals surface area (Å²) in [6.07, 6.45) is 3.82. The number of nitrogens with zero attached hydrogens (tertiary/aromatic N) is 1. The third kappa shape index (κ3) is 3.76. The van der Waals surface area contributed by atoms with E-state index in [1.165, 1.54) is 11.3 Å². The molecule has 1 aromatic heterocycles. The number of rotatable bonds is 3. The van der Waals surface area contributed by atoms with E-state index in [-0.39, 0.29) is 11.3 Å². The van der Waals surface area contributed by atoms with Crippen molar-refractivity contribution in [3.63, 3.8) is 0 Å². The number of hydrogen-bond donors (Lipinski definition) is 2. The summed E-state index contributed by atoms with van der Waals surface area (Å²) in [5.41, 5.74) is -0.0132. The SMILES string of the molecule is CC(C)(C)Cc1csc(NC(=O)C2(O)CCCC2)n1. The van der Waals surface area contributed by atoms with Gasteiger partial charge in [-0.25, -0.2) is 4.98 Å². The summed E-state index contributed by atoms with van der Waals surface area (Å²) in [6, 6.07) is 0. The largest absolute Gasteiger partial charge is 0.380 e. The fourth-order valence-corrected chi connectivity index (χ4v) is 3.09. The van der Waals surface area contributed by atoms with Crippen LogP contribution in [0, 0.1) is 5.41 Å². The normalized spacial score (nSPS) is 18.5. The highest BCUT2D eigenvalue weighted by molar-refractivity contribution is 7.13. The first-order chi connectivity index (χ1) is 8.78. The van der Waals surface area contributed by atoms with Crippen molar-refractivity contribution in [1.82, 2.24) is 4.98 Å². The zero-order chi connectivity index (χ0) is 14.1. The molecule has 5 heteroatoms. The number of anilines is 1. The predicted molar refractivity (Wildman–Crippen MR) is 77.3 cm³/mol. The smallest absolute Gasteiger partial charge is 0.258 e. The predicted octanol–water partition coefficient (Wildman–Crippen LogP) is 2.98. The van der Waals surface area contributed by atoms with Crippen LogP contribution in [0.2, 0.25) is 0 Å². The van der Waals surface area contributed by atoms with Gasteiger partial charge in [0.25, 0.3) is 5.91 Å². The van der Waals surface area contributed by atoms with Gasteiger partial charge in [0.1, 0.15) is 5.60 Å². The summed E-state index contributed by atoms with van der Waals surface area (Å²) in [6.45, 7) is 6.48. The molecule has 0 radical (unpaired) electrons. The molecule has 0 aliphatic heterocycles. The van der Waals surface area contributed by atoms with E-state index in [9.17, 15) is 9.90 Å². The monoisotopic (exact) mass is 282 g/mol. The van der Waals surface area contributed by atoms with Crippen molar-refractivity contribution >= 4 is 22.4 Å². The molecule has 0 unspecified atom stereocenters. The molecule has 1 aliphatic rings. The molecule has 2 N–H and O–H groups in total. The lowest BCUT2D eigenvalue weighted by atomic mass is 9.91. The average Bonchev–Trinajstić information content (AvgIpc) is 2.87. The van der Waals surface area contributed by atoms with Gasteiger partial charge in [-0.15, -0.1) is 11.3 Å². The van der Waals surface area contributed by atoms with Gasteiger partial charge < -0.3 is 5.11 Å². The van der Waals surface area contributed by atoms with E-state index < -0.39 is 5.60 Å². The van der Waals surface area contributed by atoms with Crippen LogP contribution in [0.15, 0.2) is 5.38 Å². The van der Waals surface area contributed by atoms with E-state index in [4.69, 9.17) is 0 Å². The number of amides is 1. The highest BCUT2D eigenvalue weighted by atomic mass is 32.1. The molecule has 4 nitrogen and oxygen atoms in total. The second-order valence-corrected chi connectivity index (χ2v) is 7.43. The van der Waals surface area contributed by atoms with E-state index in [1.54, 1.807) is 0 Å². The van der Waals surface area contributed by atoms with Crippen molar-refractivity contribution in [3.05, 3.63) is 11.1 Å². The molecule has 1 aliphatic carbocycles. The van der Waals surface area contributed by atoms with E-state index in [2.05, 4.69) is 31.1 Å². The molecular formula is C14H22N2O2S. The Morgan fingerprint density at radius 3 is 2.68 bits per heavy atom. The van der Waals surface area contributed by atoms with Gasteiger partial charge in [0.2, 0.25) is 0 Å². The number of thiazole rings is 1. The number of aromatic nitrogens is 1. The Bertz CT molecular complexity index is 456. The van der Waals surface area contributed by atoms with Gasteiger partial charge in [-0.05, 0) is 37.5 Å². The Hall–Kier alpha value is -0.940. The minimum absolute atomic E-state index is 0.180. The Balaban J connectivity index is 1.98. The first-order valence-electron chi connectivity index (χ1n) is 6.77. The van der Waals surface area contributed by atoms with Crippen LogP contribution in [-0.4, -0.2) is 21.6 Å². The fourth-order valence-electron chi connectivity index (χ4n) is 2.39. The Labute approximate surface area is 118 Å². The van der Waals surface area contributed by atoms with E-state index in [0.29, 0.717) is 18.0 Å². The van der Waals surface area contributed by atoms with Crippen LogP contribution in [0.4, 0.5) is 5.13 Å².